The van der Waals surface area contributed by atoms with Gasteiger partial charge in [-0.05, 0) is 25.0 Å². The first-order valence-corrected chi connectivity index (χ1v) is 17.1. The fraction of sp³-hybridized carbons (Fsp3) is 0.333. The van der Waals surface area contributed by atoms with Gasteiger partial charge in [0.2, 0.25) is 11.8 Å². The molecule has 11 nitrogen and oxygen atoms in total. The van der Waals surface area contributed by atoms with Gasteiger partial charge < -0.3 is 25.4 Å². The zero-order valence-corrected chi connectivity index (χ0v) is 28.8. The summed E-state index contributed by atoms with van der Waals surface area (Å²) in [6.45, 7) is 3.18. The third kappa shape index (κ3) is 6.82. The van der Waals surface area contributed by atoms with E-state index >= 15 is 0 Å². The number of benzene rings is 2. The molecule has 0 saturated carbocycles. The number of hydrogen-bond donors (Lipinski definition) is 3. The summed E-state index contributed by atoms with van der Waals surface area (Å²) in [5.41, 5.74) is 5.62. The van der Waals surface area contributed by atoms with Crippen LogP contribution in [0.2, 0.25) is 10.0 Å². The Morgan fingerprint density at radius 2 is 1.67 bits per heavy atom. The number of fused-ring (bicyclic) bond motifs is 1. The van der Waals surface area contributed by atoms with E-state index in [1.165, 1.54) is 0 Å². The minimum atomic E-state index is -0.145. The van der Waals surface area contributed by atoms with Crippen molar-refractivity contribution >= 4 is 34.6 Å². The fourth-order valence-electron chi connectivity index (χ4n) is 6.31. The minimum absolute atomic E-state index is 0.0957. The summed E-state index contributed by atoms with van der Waals surface area (Å²) in [5, 5.41) is 15.4. The van der Waals surface area contributed by atoms with Crippen LogP contribution in [0.1, 0.15) is 30.7 Å². The molecule has 2 aliphatic rings. The van der Waals surface area contributed by atoms with E-state index in [1.54, 1.807) is 23.2 Å². The van der Waals surface area contributed by atoms with E-state index < -0.39 is 0 Å². The highest BCUT2D eigenvalue weighted by Crippen LogP contribution is 2.42. The quantitative estimate of drug-likeness (QED) is 0.166. The second-order valence-electron chi connectivity index (χ2n) is 12.4. The highest BCUT2D eigenvalue weighted by molar-refractivity contribution is 6.39. The van der Waals surface area contributed by atoms with Crippen molar-refractivity contribution in [2.45, 2.75) is 44.5 Å². The van der Waals surface area contributed by atoms with E-state index in [2.05, 4.69) is 16.0 Å². The van der Waals surface area contributed by atoms with Gasteiger partial charge in [0, 0.05) is 85.3 Å². The maximum atomic E-state index is 13.3. The highest BCUT2D eigenvalue weighted by atomic mass is 35.5. The summed E-state index contributed by atoms with van der Waals surface area (Å²) < 4.78 is 14.3. The smallest absolute Gasteiger partial charge is 0.277 e. The van der Waals surface area contributed by atoms with Crippen molar-refractivity contribution in [3.63, 3.8) is 0 Å². The molecule has 0 radical (unpaired) electrons. The second-order valence-corrected chi connectivity index (χ2v) is 13.1. The van der Waals surface area contributed by atoms with Gasteiger partial charge in [-0.2, -0.15) is 5.10 Å². The van der Waals surface area contributed by atoms with Gasteiger partial charge in [0.05, 0.1) is 35.5 Å². The van der Waals surface area contributed by atoms with Crippen molar-refractivity contribution < 1.29 is 14.3 Å². The lowest BCUT2D eigenvalue weighted by atomic mass is 9.97. The Morgan fingerprint density at radius 1 is 0.959 bits per heavy atom. The monoisotopic (exact) mass is 701 g/mol. The molecule has 254 valence electrons. The molecule has 7 rings (SSSR count). The molecule has 49 heavy (non-hydrogen) atoms. The van der Waals surface area contributed by atoms with E-state index in [9.17, 15) is 9.59 Å². The Morgan fingerprint density at radius 3 is 2.37 bits per heavy atom. The molecule has 0 spiro atoms. The predicted octanol–water partition coefficient (Wildman–Crippen LogP) is 4.99. The van der Waals surface area contributed by atoms with Crippen molar-refractivity contribution in [3.8, 4) is 39.4 Å². The normalized spacial score (nSPS) is 17.3. The molecule has 0 aliphatic carbocycles. The third-order valence-electron chi connectivity index (χ3n) is 9.18. The van der Waals surface area contributed by atoms with Gasteiger partial charge in [-0.25, -0.2) is 9.50 Å². The molecule has 5 aromatic rings. The molecule has 2 fully saturated rings. The van der Waals surface area contributed by atoms with E-state index in [-0.39, 0.29) is 23.6 Å². The highest BCUT2D eigenvalue weighted by Gasteiger charge is 2.22. The molecule has 3 N–H and O–H groups in total. The van der Waals surface area contributed by atoms with Crippen molar-refractivity contribution in [1.29, 1.82) is 0 Å². The largest absolute Gasteiger partial charge is 0.481 e. The first kappa shape index (κ1) is 33.2. The van der Waals surface area contributed by atoms with Crippen LogP contribution < -0.4 is 26.2 Å². The Kier molecular flexibility index (Phi) is 9.71. The number of nitrogens with zero attached hydrogens (tertiary/aromatic N) is 4. The van der Waals surface area contributed by atoms with Crippen LogP contribution >= 0.6 is 23.2 Å². The zero-order chi connectivity index (χ0) is 34.1. The van der Waals surface area contributed by atoms with E-state index in [0.717, 1.165) is 52.8 Å². The number of aromatic nitrogens is 4. The summed E-state index contributed by atoms with van der Waals surface area (Å²) in [4.78, 5) is 29.6. The second kappa shape index (κ2) is 14.3. The van der Waals surface area contributed by atoms with Crippen LogP contribution in [0.5, 0.6) is 5.88 Å². The van der Waals surface area contributed by atoms with Crippen LogP contribution in [0.15, 0.2) is 65.6 Å². The molecule has 2 saturated heterocycles. The SMILES string of the molecule is COc1nc(-c2cccc(-c3cccc(-c4cc5c(=O)n(C)c(CNCC6CCO6)nn5c4)c3Cl)c2Cl)ccc1CNCC1CCC(=O)N1. The zero-order valence-electron chi connectivity index (χ0n) is 27.3. The van der Waals surface area contributed by atoms with Gasteiger partial charge in [0.25, 0.3) is 5.56 Å². The topological polar surface area (TPSA) is 124 Å². The van der Waals surface area contributed by atoms with Crippen molar-refractivity contribution in [2.24, 2.45) is 7.05 Å². The number of rotatable bonds is 12. The molecule has 2 unspecified atom stereocenters. The van der Waals surface area contributed by atoms with Crippen molar-refractivity contribution in [1.82, 2.24) is 35.1 Å². The van der Waals surface area contributed by atoms with Gasteiger partial charge in [-0.3, -0.25) is 14.2 Å². The maximum Gasteiger partial charge on any atom is 0.277 e. The number of nitrogens with one attached hydrogen (secondary N) is 3. The average molecular weight is 703 g/mol. The van der Waals surface area contributed by atoms with Gasteiger partial charge in [0.15, 0.2) is 0 Å². The summed E-state index contributed by atoms with van der Waals surface area (Å²) in [6, 6.07) is 17.4. The summed E-state index contributed by atoms with van der Waals surface area (Å²) in [7, 11) is 3.32. The van der Waals surface area contributed by atoms with Crippen LogP contribution in [0.25, 0.3) is 39.0 Å². The molecule has 2 aromatic carbocycles. The maximum absolute atomic E-state index is 13.3. The molecule has 0 bridgehead atoms. The van der Waals surface area contributed by atoms with Crippen molar-refractivity contribution in [2.75, 3.05) is 26.8 Å². The minimum Gasteiger partial charge on any atom is -0.481 e. The number of carbonyl (C=O) groups is 1. The lowest BCUT2D eigenvalue weighted by Crippen LogP contribution is -2.38. The van der Waals surface area contributed by atoms with Gasteiger partial charge in [-0.1, -0.05) is 65.7 Å². The molecule has 3 aromatic heterocycles. The number of hydrogen-bond acceptors (Lipinski definition) is 8. The van der Waals surface area contributed by atoms with E-state index in [1.807, 2.05) is 60.8 Å². The Balaban J connectivity index is 1.14. The van der Waals surface area contributed by atoms with Gasteiger partial charge >= 0.3 is 0 Å². The van der Waals surface area contributed by atoms with Crippen LogP contribution in [0, 0.1) is 0 Å². The third-order valence-corrected chi connectivity index (χ3v) is 10.00. The lowest BCUT2D eigenvalue weighted by molar-refractivity contribution is -0.119. The van der Waals surface area contributed by atoms with Gasteiger partial charge in [-0.15, -0.1) is 0 Å². The van der Waals surface area contributed by atoms with Crippen LogP contribution in [0.3, 0.4) is 0 Å². The number of ether oxygens (including phenoxy) is 2. The number of pyridine rings is 1. The first-order chi connectivity index (χ1) is 23.8. The standard InChI is InChI=1S/C36H37Cl2N7O4/c1-44-31(19-40-18-24-13-14-49-24)43-45-20-22(15-30(45)36(44)47)25-5-3-6-26(33(25)37)27-7-4-8-28(34(27)38)29-11-9-21(35(42-29)48-2)16-39-17-23-10-12-32(46)41-23/h3-9,11,15,20,23-24,39-40H,10,12-14,16-19H2,1-2H3,(H,41,46). The molecular formula is C36H37Cl2N7O4. The Bertz CT molecular complexity index is 2090. The van der Waals surface area contributed by atoms with E-state index in [4.69, 9.17) is 42.8 Å². The average Bonchev–Trinajstić information content (AvgIpc) is 3.71. The Labute approximate surface area is 293 Å². The first-order valence-electron chi connectivity index (χ1n) is 16.3. The van der Waals surface area contributed by atoms with Crippen LogP contribution in [-0.4, -0.2) is 64.0 Å². The molecule has 2 aliphatic heterocycles. The number of carbonyl (C=O) groups excluding carboxylic acids is 1. The molecule has 13 heteroatoms. The van der Waals surface area contributed by atoms with Crippen molar-refractivity contribution in [3.05, 3.63) is 92.6 Å². The summed E-state index contributed by atoms with van der Waals surface area (Å²) in [6.07, 6.45) is 4.48. The Hall–Kier alpha value is -4.26. The van der Waals surface area contributed by atoms with Crippen LogP contribution in [-0.2, 0) is 29.7 Å². The predicted molar refractivity (Wildman–Crippen MR) is 190 cm³/mol. The van der Waals surface area contributed by atoms with E-state index in [0.29, 0.717) is 65.6 Å². The number of amides is 1. The molecule has 5 heterocycles. The fourth-order valence-corrected chi connectivity index (χ4v) is 6.97. The number of methoxy groups -OCH3 is 1. The van der Waals surface area contributed by atoms with Crippen LogP contribution in [0.4, 0.5) is 0 Å². The lowest BCUT2D eigenvalue weighted by Gasteiger charge is -2.26. The molecule has 1 amide bonds. The van der Waals surface area contributed by atoms with Gasteiger partial charge in [0.1, 0.15) is 11.3 Å². The summed E-state index contributed by atoms with van der Waals surface area (Å²) in [5.74, 6) is 1.21. The molecular weight excluding hydrogens is 665 g/mol. The molecule has 2 atom stereocenters. The number of halogens is 2. The summed E-state index contributed by atoms with van der Waals surface area (Å²) >= 11 is 14.2.